The smallest absolute Gasteiger partial charge is 0.307 e. The second kappa shape index (κ2) is 7.47. The van der Waals surface area contributed by atoms with E-state index in [1.54, 1.807) is 18.0 Å². The summed E-state index contributed by atoms with van der Waals surface area (Å²) in [5.41, 5.74) is 2.02. The van der Waals surface area contributed by atoms with Gasteiger partial charge in [0.05, 0.1) is 5.69 Å². The molecule has 0 unspecified atom stereocenters. The summed E-state index contributed by atoms with van der Waals surface area (Å²) in [5, 5.41) is 8.04. The number of aromatic nitrogens is 1. The van der Waals surface area contributed by atoms with E-state index in [0.717, 1.165) is 16.3 Å². The van der Waals surface area contributed by atoms with Gasteiger partial charge < -0.3 is 5.32 Å². The zero-order chi connectivity index (χ0) is 15.2. The van der Waals surface area contributed by atoms with Crippen molar-refractivity contribution in [3.05, 3.63) is 35.3 Å². The van der Waals surface area contributed by atoms with Gasteiger partial charge in [-0.15, -0.1) is 23.1 Å². The first-order valence-electron chi connectivity index (χ1n) is 6.75. The van der Waals surface area contributed by atoms with Crippen LogP contribution in [0, 0.1) is 12.8 Å². The summed E-state index contributed by atoms with van der Waals surface area (Å²) >= 11 is 3.16. The molecular weight excluding hydrogens is 302 g/mol. The molecule has 2 aromatic rings. The summed E-state index contributed by atoms with van der Waals surface area (Å²) < 4.78 is 0. The van der Waals surface area contributed by atoms with E-state index in [2.05, 4.69) is 42.5 Å². The molecule has 0 bridgehead atoms. The van der Waals surface area contributed by atoms with Crippen LogP contribution in [0.3, 0.4) is 0 Å². The van der Waals surface area contributed by atoms with Gasteiger partial charge in [0.15, 0.2) is 5.13 Å². The minimum atomic E-state index is -0.264. The largest absolute Gasteiger partial charge is 0.325 e. The Bertz CT molecular complexity index is 597. The zero-order valence-electron chi connectivity index (χ0n) is 12.3. The fourth-order valence-corrected chi connectivity index (χ4v) is 3.23. The summed E-state index contributed by atoms with van der Waals surface area (Å²) in [4.78, 5) is 17.1. The van der Waals surface area contributed by atoms with Crippen molar-refractivity contribution in [2.75, 3.05) is 16.4 Å². The molecule has 0 fully saturated rings. The molecule has 2 N–H and O–H groups in total. The Labute approximate surface area is 133 Å². The SMILES string of the molecule is Cc1ccc(NC(=O)Nc2nccs2)c(SCC(C)C)c1. The molecule has 0 spiro atoms. The van der Waals surface area contributed by atoms with E-state index in [9.17, 15) is 4.79 Å². The zero-order valence-corrected chi connectivity index (χ0v) is 14.0. The predicted octanol–water partition coefficient (Wildman–Crippen LogP) is 4.84. The number of anilines is 2. The first-order valence-corrected chi connectivity index (χ1v) is 8.62. The number of urea groups is 1. The van der Waals surface area contributed by atoms with Crippen molar-refractivity contribution < 1.29 is 4.79 Å². The highest BCUT2D eigenvalue weighted by molar-refractivity contribution is 7.99. The van der Waals surface area contributed by atoms with E-state index in [0.29, 0.717) is 11.0 Å². The fourth-order valence-electron chi connectivity index (χ4n) is 1.64. The number of carbonyl (C=O) groups is 1. The maximum atomic E-state index is 12.0. The summed E-state index contributed by atoms with van der Waals surface area (Å²) in [6.07, 6.45) is 1.66. The fraction of sp³-hybridized carbons (Fsp3) is 0.333. The van der Waals surface area contributed by atoms with Crippen molar-refractivity contribution >= 4 is 39.9 Å². The Kier molecular flexibility index (Phi) is 5.64. The molecule has 1 aromatic carbocycles. The van der Waals surface area contributed by atoms with Gasteiger partial charge in [-0.05, 0) is 30.5 Å². The highest BCUT2D eigenvalue weighted by Gasteiger charge is 2.09. The molecule has 6 heteroatoms. The van der Waals surface area contributed by atoms with Crippen LogP contribution in [0.1, 0.15) is 19.4 Å². The monoisotopic (exact) mass is 321 g/mol. The molecule has 0 aliphatic rings. The first kappa shape index (κ1) is 15.9. The number of hydrogen-bond acceptors (Lipinski definition) is 4. The van der Waals surface area contributed by atoms with Crippen LogP contribution in [0.2, 0.25) is 0 Å². The number of carbonyl (C=O) groups excluding carboxylic acids is 1. The summed E-state index contributed by atoms with van der Waals surface area (Å²) in [5.74, 6) is 1.62. The van der Waals surface area contributed by atoms with Gasteiger partial charge in [0, 0.05) is 22.2 Å². The Balaban J connectivity index is 2.05. The second-order valence-corrected chi connectivity index (χ2v) is 7.08. The number of rotatable bonds is 5. The van der Waals surface area contributed by atoms with E-state index in [4.69, 9.17) is 0 Å². The maximum absolute atomic E-state index is 12.0. The van der Waals surface area contributed by atoms with E-state index in [1.165, 1.54) is 16.9 Å². The van der Waals surface area contributed by atoms with Crippen molar-refractivity contribution in [3.8, 4) is 0 Å². The van der Waals surface area contributed by atoms with Crippen LogP contribution in [0.4, 0.5) is 15.6 Å². The number of aryl methyl sites for hydroxylation is 1. The minimum Gasteiger partial charge on any atom is -0.307 e. The van der Waals surface area contributed by atoms with E-state index < -0.39 is 0 Å². The molecule has 112 valence electrons. The van der Waals surface area contributed by atoms with Crippen molar-refractivity contribution in [1.82, 2.24) is 4.98 Å². The third-order valence-electron chi connectivity index (χ3n) is 2.61. The van der Waals surface area contributed by atoms with Crippen LogP contribution in [0.15, 0.2) is 34.7 Å². The average molecular weight is 321 g/mol. The summed E-state index contributed by atoms with van der Waals surface area (Å²) in [6.45, 7) is 6.43. The molecule has 0 atom stereocenters. The predicted molar refractivity (Wildman–Crippen MR) is 91.5 cm³/mol. The van der Waals surface area contributed by atoms with Crippen molar-refractivity contribution in [2.24, 2.45) is 5.92 Å². The molecule has 0 aliphatic carbocycles. The maximum Gasteiger partial charge on any atom is 0.325 e. The van der Waals surface area contributed by atoms with Crippen LogP contribution in [-0.2, 0) is 0 Å². The second-order valence-electron chi connectivity index (χ2n) is 5.12. The molecule has 4 nitrogen and oxygen atoms in total. The van der Waals surface area contributed by atoms with E-state index >= 15 is 0 Å². The lowest BCUT2D eigenvalue weighted by Gasteiger charge is -2.13. The highest BCUT2D eigenvalue weighted by Crippen LogP contribution is 2.30. The van der Waals surface area contributed by atoms with Crippen molar-refractivity contribution in [3.63, 3.8) is 0 Å². The molecule has 21 heavy (non-hydrogen) atoms. The van der Waals surface area contributed by atoms with E-state index in [1.807, 2.05) is 17.5 Å². The topological polar surface area (TPSA) is 54.0 Å². The minimum absolute atomic E-state index is 0.264. The molecule has 2 rings (SSSR count). The van der Waals surface area contributed by atoms with Crippen LogP contribution in [0.5, 0.6) is 0 Å². The first-order chi connectivity index (χ1) is 10.0. The Hall–Kier alpha value is -1.53. The number of nitrogens with zero attached hydrogens (tertiary/aromatic N) is 1. The molecule has 2 amide bonds. The van der Waals surface area contributed by atoms with Gasteiger partial charge >= 0.3 is 6.03 Å². The van der Waals surface area contributed by atoms with Crippen molar-refractivity contribution in [1.29, 1.82) is 0 Å². The number of benzene rings is 1. The molecule has 0 saturated carbocycles. The number of amides is 2. The highest BCUT2D eigenvalue weighted by atomic mass is 32.2. The third kappa shape index (κ3) is 5.06. The third-order valence-corrected chi connectivity index (χ3v) is 4.78. The van der Waals surface area contributed by atoms with E-state index in [-0.39, 0.29) is 6.03 Å². The standard InChI is InChI=1S/C15H19N3OS2/c1-10(2)9-21-13-8-11(3)4-5-12(13)17-14(19)18-15-16-6-7-20-15/h4-8,10H,9H2,1-3H3,(H2,16,17,18,19). The van der Waals surface area contributed by atoms with Gasteiger partial charge in [0.25, 0.3) is 0 Å². The average Bonchev–Trinajstić information content (AvgIpc) is 2.91. The van der Waals surface area contributed by atoms with Crippen LogP contribution in [0.25, 0.3) is 0 Å². The number of nitrogens with one attached hydrogen (secondary N) is 2. The molecule has 0 aliphatic heterocycles. The van der Waals surface area contributed by atoms with Gasteiger partial charge in [-0.25, -0.2) is 9.78 Å². The summed E-state index contributed by atoms with van der Waals surface area (Å²) in [6, 6.07) is 5.78. The van der Waals surface area contributed by atoms with Gasteiger partial charge in [0.2, 0.25) is 0 Å². The van der Waals surface area contributed by atoms with Gasteiger partial charge in [-0.1, -0.05) is 19.9 Å². The Morgan fingerprint density at radius 2 is 2.19 bits per heavy atom. The van der Waals surface area contributed by atoms with Crippen LogP contribution in [-0.4, -0.2) is 16.8 Å². The lowest BCUT2D eigenvalue weighted by molar-refractivity contribution is 0.262. The van der Waals surface area contributed by atoms with Crippen molar-refractivity contribution in [2.45, 2.75) is 25.7 Å². The Morgan fingerprint density at radius 1 is 1.38 bits per heavy atom. The molecule has 1 aromatic heterocycles. The van der Waals surface area contributed by atoms with Gasteiger partial charge in [0.1, 0.15) is 0 Å². The van der Waals surface area contributed by atoms with Gasteiger partial charge in [-0.2, -0.15) is 0 Å². The molecule has 0 radical (unpaired) electrons. The lowest BCUT2D eigenvalue weighted by atomic mass is 10.2. The molecule has 1 heterocycles. The van der Waals surface area contributed by atoms with Crippen LogP contribution < -0.4 is 10.6 Å². The quantitative estimate of drug-likeness (QED) is 0.774. The Morgan fingerprint density at radius 3 is 2.86 bits per heavy atom. The summed E-state index contributed by atoms with van der Waals surface area (Å²) in [7, 11) is 0. The normalized spacial score (nSPS) is 10.7. The van der Waals surface area contributed by atoms with Gasteiger partial charge in [-0.3, -0.25) is 5.32 Å². The molecular formula is C15H19N3OS2. The molecule has 0 saturated heterocycles. The number of thioether (sulfide) groups is 1. The van der Waals surface area contributed by atoms with Crippen LogP contribution >= 0.6 is 23.1 Å². The number of thiazole rings is 1. The number of hydrogen-bond donors (Lipinski definition) is 2. The lowest BCUT2D eigenvalue weighted by Crippen LogP contribution is -2.19.